The molecule has 2 rings (SSSR count). The van der Waals surface area contributed by atoms with Crippen LogP contribution in [0.25, 0.3) is 0 Å². The monoisotopic (exact) mass is 241 g/mol. The Kier molecular flexibility index (Phi) is 3.48. The average molecular weight is 241 g/mol. The van der Waals surface area contributed by atoms with Crippen molar-refractivity contribution in [3.8, 4) is 0 Å². The second-order valence-electron chi connectivity index (χ2n) is 3.81. The number of carbonyl (C=O) groups is 2. The molecule has 0 aliphatic heterocycles. The highest BCUT2D eigenvalue weighted by molar-refractivity contribution is 6.07. The Balaban J connectivity index is 2.20. The fraction of sp³-hybridized carbons (Fsp3) is 0.0714. The number of aliphatic carboxylic acids is 1. The van der Waals surface area contributed by atoms with Gasteiger partial charge in [-0.15, -0.1) is 0 Å². The van der Waals surface area contributed by atoms with Crippen LogP contribution in [0.5, 0.6) is 0 Å². The number of carboxylic acid groups (broad SMARTS) is 1. The molecule has 18 heavy (non-hydrogen) atoms. The summed E-state index contributed by atoms with van der Waals surface area (Å²) in [5.41, 5.74) is 1.55. The largest absolute Gasteiger partial charge is 0.481 e. The smallest absolute Gasteiger partial charge is 0.307 e. The predicted octanol–water partition coefficient (Wildman–Crippen LogP) is 1.94. The van der Waals surface area contributed by atoms with Gasteiger partial charge >= 0.3 is 5.97 Å². The van der Waals surface area contributed by atoms with Gasteiger partial charge in [-0.1, -0.05) is 30.3 Å². The first-order valence-corrected chi connectivity index (χ1v) is 5.43. The highest BCUT2D eigenvalue weighted by Crippen LogP contribution is 2.09. The van der Waals surface area contributed by atoms with Crippen molar-refractivity contribution in [2.45, 2.75) is 6.42 Å². The fourth-order valence-corrected chi connectivity index (χ4v) is 1.59. The molecule has 0 radical (unpaired) electrons. The molecule has 1 aromatic heterocycles. The molecule has 90 valence electrons. The number of pyridine rings is 1. The average Bonchev–Trinajstić information content (AvgIpc) is 2.39. The molecule has 0 saturated carbocycles. The van der Waals surface area contributed by atoms with E-state index in [1.54, 1.807) is 48.7 Å². The van der Waals surface area contributed by atoms with Crippen LogP contribution in [0, 0.1) is 0 Å². The van der Waals surface area contributed by atoms with Crippen LogP contribution in [-0.4, -0.2) is 21.8 Å². The van der Waals surface area contributed by atoms with Gasteiger partial charge in [0.25, 0.3) is 0 Å². The third kappa shape index (κ3) is 2.79. The van der Waals surface area contributed by atoms with E-state index in [0.29, 0.717) is 16.8 Å². The van der Waals surface area contributed by atoms with Crippen LogP contribution in [0.4, 0.5) is 0 Å². The lowest BCUT2D eigenvalue weighted by Gasteiger charge is -2.01. The lowest BCUT2D eigenvalue weighted by molar-refractivity contribution is -0.136. The van der Waals surface area contributed by atoms with Crippen LogP contribution in [0.15, 0.2) is 48.7 Å². The molecule has 1 aromatic carbocycles. The molecular weight excluding hydrogens is 230 g/mol. The molecule has 0 aliphatic carbocycles. The standard InChI is InChI=1S/C14H11NO3/c16-13(17)9-10-4-6-11(7-5-10)14(18)12-3-1-2-8-15-12/h1-8H,9H2,(H,16,17). The molecule has 0 saturated heterocycles. The summed E-state index contributed by atoms with van der Waals surface area (Å²) in [7, 11) is 0. The number of benzene rings is 1. The van der Waals surface area contributed by atoms with Gasteiger partial charge in [0.15, 0.2) is 0 Å². The first kappa shape index (κ1) is 12.0. The van der Waals surface area contributed by atoms with E-state index in [2.05, 4.69) is 4.98 Å². The van der Waals surface area contributed by atoms with E-state index < -0.39 is 5.97 Å². The van der Waals surface area contributed by atoms with Gasteiger partial charge in [0.1, 0.15) is 5.69 Å². The van der Waals surface area contributed by atoms with Crippen LogP contribution >= 0.6 is 0 Å². The van der Waals surface area contributed by atoms with Crippen molar-refractivity contribution < 1.29 is 14.7 Å². The number of nitrogens with zero attached hydrogens (tertiary/aromatic N) is 1. The van der Waals surface area contributed by atoms with Gasteiger partial charge in [-0.05, 0) is 17.7 Å². The first-order chi connectivity index (χ1) is 8.66. The second kappa shape index (κ2) is 5.23. The number of ketones is 1. The Morgan fingerprint density at radius 1 is 1.06 bits per heavy atom. The molecule has 0 amide bonds. The molecule has 0 aliphatic rings. The number of rotatable bonds is 4. The number of carboxylic acids is 1. The summed E-state index contributed by atoms with van der Waals surface area (Å²) < 4.78 is 0. The Bertz CT molecular complexity index is 561. The highest BCUT2D eigenvalue weighted by atomic mass is 16.4. The van der Waals surface area contributed by atoms with E-state index in [1.807, 2.05) is 0 Å². The van der Waals surface area contributed by atoms with Crippen LogP contribution in [0.1, 0.15) is 21.6 Å². The molecule has 0 atom stereocenters. The van der Waals surface area contributed by atoms with E-state index in [0.717, 1.165) is 0 Å². The molecule has 1 N–H and O–H groups in total. The molecule has 0 unspecified atom stereocenters. The Morgan fingerprint density at radius 3 is 2.33 bits per heavy atom. The van der Waals surface area contributed by atoms with Gasteiger partial charge in [0.05, 0.1) is 6.42 Å². The van der Waals surface area contributed by atoms with Crippen molar-refractivity contribution in [3.63, 3.8) is 0 Å². The van der Waals surface area contributed by atoms with Gasteiger partial charge in [-0.3, -0.25) is 14.6 Å². The predicted molar refractivity (Wildman–Crippen MR) is 65.5 cm³/mol. The third-order valence-corrected chi connectivity index (χ3v) is 2.47. The SMILES string of the molecule is O=C(O)Cc1ccc(C(=O)c2ccccn2)cc1. The number of hydrogen-bond donors (Lipinski definition) is 1. The van der Waals surface area contributed by atoms with E-state index in [-0.39, 0.29) is 12.2 Å². The zero-order valence-corrected chi connectivity index (χ0v) is 9.54. The third-order valence-electron chi connectivity index (χ3n) is 2.47. The molecular formula is C14H11NO3. The summed E-state index contributed by atoms with van der Waals surface area (Å²) in [6.45, 7) is 0. The van der Waals surface area contributed by atoms with Crippen molar-refractivity contribution >= 4 is 11.8 Å². The number of aromatic nitrogens is 1. The Labute approximate surface area is 104 Å². The topological polar surface area (TPSA) is 67.3 Å². The summed E-state index contributed by atoms with van der Waals surface area (Å²) in [4.78, 5) is 26.5. The van der Waals surface area contributed by atoms with E-state index in [9.17, 15) is 9.59 Å². The van der Waals surface area contributed by atoms with Gasteiger partial charge in [0.2, 0.25) is 5.78 Å². The highest BCUT2D eigenvalue weighted by Gasteiger charge is 2.10. The van der Waals surface area contributed by atoms with Crippen molar-refractivity contribution in [2.75, 3.05) is 0 Å². The van der Waals surface area contributed by atoms with Crippen molar-refractivity contribution in [3.05, 3.63) is 65.5 Å². The molecule has 2 aromatic rings. The minimum Gasteiger partial charge on any atom is -0.481 e. The summed E-state index contributed by atoms with van der Waals surface area (Å²) in [5.74, 6) is -1.06. The first-order valence-electron chi connectivity index (χ1n) is 5.43. The maximum Gasteiger partial charge on any atom is 0.307 e. The van der Waals surface area contributed by atoms with Crippen LogP contribution in [0.2, 0.25) is 0 Å². The summed E-state index contributed by atoms with van der Waals surface area (Å²) in [6, 6.07) is 11.7. The quantitative estimate of drug-likeness (QED) is 0.830. The lowest BCUT2D eigenvalue weighted by atomic mass is 10.0. The molecule has 1 heterocycles. The van der Waals surface area contributed by atoms with Gasteiger partial charge in [0, 0.05) is 11.8 Å². The Hall–Kier alpha value is -2.49. The van der Waals surface area contributed by atoms with E-state index in [4.69, 9.17) is 5.11 Å². The second-order valence-corrected chi connectivity index (χ2v) is 3.81. The molecule has 4 heteroatoms. The molecule has 0 fully saturated rings. The molecule has 0 bridgehead atoms. The van der Waals surface area contributed by atoms with Crippen LogP contribution < -0.4 is 0 Å². The van der Waals surface area contributed by atoms with Gasteiger partial charge in [-0.25, -0.2) is 0 Å². The molecule has 4 nitrogen and oxygen atoms in total. The van der Waals surface area contributed by atoms with E-state index in [1.165, 1.54) is 0 Å². The summed E-state index contributed by atoms with van der Waals surface area (Å²) in [6.07, 6.45) is 1.52. The number of hydrogen-bond acceptors (Lipinski definition) is 3. The zero-order valence-electron chi connectivity index (χ0n) is 9.54. The normalized spacial score (nSPS) is 10.0. The van der Waals surface area contributed by atoms with Gasteiger partial charge < -0.3 is 5.11 Å². The minimum atomic E-state index is -0.890. The maximum atomic E-state index is 12.0. The van der Waals surface area contributed by atoms with Crippen molar-refractivity contribution in [1.82, 2.24) is 4.98 Å². The minimum absolute atomic E-state index is 0.0436. The van der Waals surface area contributed by atoms with E-state index >= 15 is 0 Å². The van der Waals surface area contributed by atoms with Crippen molar-refractivity contribution in [2.24, 2.45) is 0 Å². The summed E-state index contributed by atoms with van der Waals surface area (Å²) >= 11 is 0. The maximum absolute atomic E-state index is 12.0. The lowest BCUT2D eigenvalue weighted by Crippen LogP contribution is -2.04. The molecule has 0 spiro atoms. The number of carbonyl (C=O) groups excluding carboxylic acids is 1. The van der Waals surface area contributed by atoms with Crippen LogP contribution in [-0.2, 0) is 11.2 Å². The summed E-state index contributed by atoms with van der Waals surface area (Å²) in [5, 5.41) is 8.65. The zero-order chi connectivity index (χ0) is 13.0. The fourth-order valence-electron chi connectivity index (χ4n) is 1.59. The Morgan fingerprint density at radius 2 is 1.78 bits per heavy atom. The van der Waals surface area contributed by atoms with Crippen molar-refractivity contribution in [1.29, 1.82) is 0 Å². The van der Waals surface area contributed by atoms with Crippen LogP contribution in [0.3, 0.4) is 0 Å². The van der Waals surface area contributed by atoms with Gasteiger partial charge in [-0.2, -0.15) is 0 Å².